The molecule has 6 heteroatoms. The molecule has 2 heterocycles. The Labute approximate surface area is 203 Å². The normalized spacial score (nSPS) is 13.9. The summed E-state index contributed by atoms with van der Waals surface area (Å²) in [4.78, 5) is 25.0. The molecule has 6 nitrogen and oxygen atoms in total. The average Bonchev–Trinajstić information content (AvgIpc) is 3.48. The second kappa shape index (κ2) is 10.2. The minimum Gasteiger partial charge on any atom is -0.461 e. The number of hydrogen-bond acceptors (Lipinski definition) is 5. The first-order valence-corrected chi connectivity index (χ1v) is 11.4. The van der Waals surface area contributed by atoms with Crippen LogP contribution in [0.2, 0.25) is 0 Å². The van der Waals surface area contributed by atoms with Crippen LogP contribution in [0.5, 0.6) is 0 Å². The highest BCUT2D eigenvalue weighted by molar-refractivity contribution is 5.90. The smallest absolute Gasteiger partial charge is 0.331 e. The van der Waals surface area contributed by atoms with Gasteiger partial charge in [0.2, 0.25) is 0 Å². The summed E-state index contributed by atoms with van der Waals surface area (Å²) >= 11 is 0. The molecule has 1 aliphatic heterocycles. The van der Waals surface area contributed by atoms with Gasteiger partial charge < -0.3 is 9.47 Å². The van der Waals surface area contributed by atoms with Crippen molar-refractivity contribution >= 4 is 18.0 Å². The summed E-state index contributed by atoms with van der Waals surface area (Å²) in [6, 6.07) is 26.7. The van der Waals surface area contributed by atoms with E-state index in [0.717, 1.165) is 33.5 Å². The number of fused-ring (bicyclic) bond motifs is 3. The van der Waals surface area contributed by atoms with E-state index in [4.69, 9.17) is 9.47 Å². The molecule has 174 valence electrons. The van der Waals surface area contributed by atoms with Gasteiger partial charge in [0.25, 0.3) is 0 Å². The minimum absolute atomic E-state index is 0.167. The fraction of sp³-hybridized carbons (Fsp3) is 0.138. The summed E-state index contributed by atoms with van der Waals surface area (Å²) < 4.78 is 12.7. The van der Waals surface area contributed by atoms with Crippen LogP contribution in [0.25, 0.3) is 17.3 Å². The van der Waals surface area contributed by atoms with Crippen LogP contribution in [0.15, 0.2) is 97.2 Å². The number of rotatable bonds is 8. The predicted molar refractivity (Wildman–Crippen MR) is 132 cm³/mol. The number of hydrogen-bond donors (Lipinski definition) is 0. The van der Waals surface area contributed by atoms with Crippen molar-refractivity contribution in [1.82, 2.24) is 9.78 Å². The molecule has 0 saturated carbocycles. The summed E-state index contributed by atoms with van der Waals surface area (Å²) in [5, 5.41) is 4.46. The number of ether oxygens (including phenoxy) is 2. The number of carbonyl (C=O) groups excluding carboxylic acids is 2. The molecule has 35 heavy (non-hydrogen) atoms. The molecule has 0 N–H and O–H groups in total. The van der Waals surface area contributed by atoms with Crippen molar-refractivity contribution in [2.45, 2.75) is 25.7 Å². The van der Waals surface area contributed by atoms with Crippen molar-refractivity contribution in [3.63, 3.8) is 0 Å². The first-order chi connectivity index (χ1) is 17.2. The summed E-state index contributed by atoms with van der Waals surface area (Å²) in [6.45, 7) is 0.454. The molecule has 3 aromatic carbocycles. The quantitative estimate of drug-likeness (QED) is 0.260. The van der Waals surface area contributed by atoms with Gasteiger partial charge in [0, 0.05) is 17.8 Å². The van der Waals surface area contributed by atoms with Gasteiger partial charge in [-0.15, -0.1) is 0 Å². The number of benzene rings is 3. The Morgan fingerprint density at radius 2 is 1.51 bits per heavy atom. The number of aromatic nitrogens is 2. The van der Waals surface area contributed by atoms with E-state index in [1.54, 1.807) is 12.3 Å². The Bertz CT molecular complexity index is 1360. The highest BCUT2D eigenvalue weighted by Crippen LogP contribution is 2.43. The third-order valence-corrected chi connectivity index (χ3v) is 5.94. The van der Waals surface area contributed by atoms with Crippen molar-refractivity contribution in [3.8, 4) is 11.3 Å². The summed E-state index contributed by atoms with van der Waals surface area (Å²) in [7, 11) is 0. The molecule has 0 radical (unpaired) electrons. The first kappa shape index (κ1) is 22.3. The molecule has 0 aliphatic carbocycles. The van der Waals surface area contributed by atoms with Crippen LogP contribution in [0, 0.1) is 0 Å². The standard InChI is InChI=1S/C29H24N2O4/c32-27(34-19-21-8-3-1-4-9-21)15-14-23-12-7-13-24-26(31-25(29(23)24)16-17-30-31)18-28(33)35-20-22-10-5-2-6-11-22/h1-17,26H,18-20H2/b15-14+. The molecule has 0 fully saturated rings. The predicted octanol–water partition coefficient (Wildman–Crippen LogP) is 5.34. The van der Waals surface area contributed by atoms with Crippen molar-refractivity contribution in [3.05, 3.63) is 119 Å². The molecular weight excluding hydrogens is 440 g/mol. The third-order valence-electron chi connectivity index (χ3n) is 5.94. The van der Waals surface area contributed by atoms with Gasteiger partial charge in [-0.2, -0.15) is 5.10 Å². The Morgan fingerprint density at radius 1 is 0.829 bits per heavy atom. The van der Waals surface area contributed by atoms with E-state index < -0.39 is 5.97 Å². The van der Waals surface area contributed by atoms with Gasteiger partial charge >= 0.3 is 11.9 Å². The maximum Gasteiger partial charge on any atom is 0.331 e. The summed E-state index contributed by atoms with van der Waals surface area (Å²) in [5.41, 5.74) is 5.57. The number of carbonyl (C=O) groups is 2. The van der Waals surface area contributed by atoms with Crippen LogP contribution in [0.1, 0.15) is 34.7 Å². The van der Waals surface area contributed by atoms with Crippen LogP contribution in [0.4, 0.5) is 0 Å². The molecule has 1 aliphatic rings. The fourth-order valence-corrected chi connectivity index (χ4v) is 4.28. The molecule has 1 unspecified atom stereocenters. The SMILES string of the molecule is O=C(/C=C/c1cccc2c1-c1ccnn1C2CC(=O)OCc1ccccc1)OCc1ccccc1. The highest BCUT2D eigenvalue weighted by atomic mass is 16.5. The summed E-state index contributed by atoms with van der Waals surface area (Å²) in [6.07, 6.45) is 5.07. The van der Waals surface area contributed by atoms with Gasteiger partial charge in [0.1, 0.15) is 13.2 Å². The maximum atomic E-state index is 12.7. The van der Waals surface area contributed by atoms with Gasteiger partial charge in [-0.05, 0) is 34.4 Å². The van der Waals surface area contributed by atoms with Crippen LogP contribution in [-0.2, 0) is 32.3 Å². The third kappa shape index (κ3) is 5.06. The Kier molecular flexibility index (Phi) is 6.52. The van der Waals surface area contributed by atoms with Crippen molar-refractivity contribution in [2.75, 3.05) is 0 Å². The Balaban J connectivity index is 1.30. The highest BCUT2D eigenvalue weighted by Gasteiger charge is 2.32. The molecule has 5 rings (SSSR count). The van der Waals surface area contributed by atoms with E-state index in [-0.39, 0.29) is 31.6 Å². The minimum atomic E-state index is -0.418. The Morgan fingerprint density at radius 3 is 2.23 bits per heavy atom. The molecule has 0 saturated heterocycles. The second-order valence-corrected chi connectivity index (χ2v) is 8.27. The lowest BCUT2D eigenvalue weighted by atomic mass is 9.96. The fourth-order valence-electron chi connectivity index (χ4n) is 4.28. The zero-order valence-electron chi connectivity index (χ0n) is 19.0. The zero-order valence-corrected chi connectivity index (χ0v) is 19.0. The molecule has 1 atom stereocenters. The molecule has 4 aromatic rings. The number of nitrogens with zero attached hydrogens (tertiary/aromatic N) is 2. The first-order valence-electron chi connectivity index (χ1n) is 11.4. The van der Waals surface area contributed by atoms with Crippen LogP contribution in [0.3, 0.4) is 0 Å². The second-order valence-electron chi connectivity index (χ2n) is 8.27. The van der Waals surface area contributed by atoms with E-state index in [0.29, 0.717) is 0 Å². The lowest BCUT2D eigenvalue weighted by Gasteiger charge is -2.14. The molecular formula is C29H24N2O4. The average molecular weight is 465 g/mol. The topological polar surface area (TPSA) is 70.4 Å². The Hall–Kier alpha value is -4.45. The largest absolute Gasteiger partial charge is 0.461 e. The molecule has 1 aromatic heterocycles. The van der Waals surface area contributed by atoms with E-state index in [1.807, 2.05) is 89.6 Å². The molecule has 0 bridgehead atoms. The van der Waals surface area contributed by atoms with Crippen molar-refractivity contribution in [1.29, 1.82) is 0 Å². The monoisotopic (exact) mass is 464 g/mol. The van der Waals surface area contributed by atoms with Gasteiger partial charge in [0.15, 0.2) is 0 Å². The maximum absolute atomic E-state index is 12.7. The van der Waals surface area contributed by atoms with Crippen molar-refractivity contribution < 1.29 is 19.1 Å². The molecule has 0 amide bonds. The molecule has 0 spiro atoms. The van der Waals surface area contributed by atoms with Crippen LogP contribution < -0.4 is 0 Å². The van der Waals surface area contributed by atoms with Crippen LogP contribution >= 0.6 is 0 Å². The van der Waals surface area contributed by atoms with E-state index in [9.17, 15) is 9.59 Å². The van der Waals surface area contributed by atoms with Gasteiger partial charge in [-0.25, -0.2) is 4.79 Å². The summed E-state index contributed by atoms with van der Waals surface area (Å²) in [5.74, 6) is -0.711. The van der Waals surface area contributed by atoms with E-state index in [2.05, 4.69) is 5.10 Å². The van der Waals surface area contributed by atoms with Gasteiger partial charge in [-0.3, -0.25) is 9.48 Å². The van der Waals surface area contributed by atoms with Crippen molar-refractivity contribution in [2.24, 2.45) is 0 Å². The lowest BCUT2D eigenvalue weighted by Crippen LogP contribution is -2.15. The lowest BCUT2D eigenvalue weighted by molar-refractivity contribution is -0.145. The number of esters is 2. The van der Waals surface area contributed by atoms with Crippen LogP contribution in [-0.4, -0.2) is 21.7 Å². The van der Waals surface area contributed by atoms with Gasteiger partial charge in [0.05, 0.1) is 18.2 Å². The van der Waals surface area contributed by atoms with E-state index >= 15 is 0 Å². The van der Waals surface area contributed by atoms with Gasteiger partial charge in [-0.1, -0.05) is 78.9 Å². The zero-order chi connectivity index (χ0) is 24.0. The van der Waals surface area contributed by atoms with E-state index in [1.165, 1.54) is 6.08 Å².